The van der Waals surface area contributed by atoms with Crippen molar-refractivity contribution in [1.29, 1.82) is 0 Å². The van der Waals surface area contributed by atoms with Crippen LogP contribution in [0.1, 0.15) is 28.9 Å². The van der Waals surface area contributed by atoms with Gasteiger partial charge in [-0.25, -0.2) is 19.7 Å². The van der Waals surface area contributed by atoms with Crippen LogP contribution in [0, 0.1) is 0 Å². The van der Waals surface area contributed by atoms with Crippen molar-refractivity contribution < 1.29 is 14.3 Å². The summed E-state index contributed by atoms with van der Waals surface area (Å²) in [4.78, 5) is 42.2. The van der Waals surface area contributed by atoms with Gasteiger partial charge in [0.1, 0.15) is 22.8 Å². The van der Waals surface area contributed by atoms with Crippen molar-refractivity contribution in [2.45, 2.75) is 24.8 Å². The molecule has 0 saturated carbocycles. The number of pyridine rings is 1. The molecule has 0 radical (unpaired) electrons. The molecule has 2 fully saturated rings. The highest BCUT2D eigenvalue weighted by Crippen LogP contribution is 2.38. The minimum absolute atomic E-state index is 0.0854. The number of methoxy groups -OCH3 is 1. The maximum atomic E-state index is 13.2. The van der Waals surface area contributed by atoms with Crippen molar-refractivity contribution in [2.75, 3.05) is 33.3 Å². The zero-order chi connectivity index (χ0) is 23.9. The molecule has 11 heteroatoms. The number of amides is 3. The summed E-state index contributed by atoms with van der Waals surface area (Å²) in [5.41, 5.74) is 1.85. The zero-order valence-corrected chi connectivity index (χ0v) is 19.9. The highest BCUT2D eigenvalue weighted by molar-refractivity contribution is 6.34. The van der Waals surface area contributed by atoms with Gasteiger partial charge in [-0.05, 0) is 30.9 Å². The Morgan fingerprint density at radius 3 is 2.76 bits per heavy atom. The summed E-state index contributed by atoms with van der Waals surface area (Å²) >= 11 is 6.17. The Bertz CT molecular complexity index is 1240. The molecule has 1 spiro atoms. The number of urea groups is 1. The molecule has 3 aromatic heterocycles. The number of fused-ring (bicyclic) bond motifs is 1. The third-order valence-electron chi connectivity index (χ3n) is 6.79. The van der Waals surface area contributed by atoms with E-state index >= 15 is 0 Å². The van der Waals surface area contributed by atoms with E-state index in [9.17, 15) is 9.59 Å². The highest BCUT2D eigenvalue weighted by Gasteiger charge is 2.53. The number of rotatable bonds is 5. The fourth-order valence-corrected chi connectivity index (χ4v) is 5.14. The lowest BCUT2D eigenvalue weighted by Crippen LogP contribution is -2.70. The molecule has 2 aliphatic rings. The molecule has 178 valence electrons. The second-order valence-electron chi connectivity index (χ2n) is 8.82. The van der Waals surface area contributed by atoms with E-state index in [4.69, 9.17) is 16.3 Å². The zero-order valence-electron chi connectivity index (χ0n) is 19.1. The standard InChI is InChI=1S/C23H26ClN7O3/c1-29-17(10-16-19(24)27-14-28-20(16)29)21(32)30-12-23(13-30)7-3-9-31(23)22(33)25-8-6-15-4-5-18(34-2)26-11-15/h4-5,10-11,14H,3,6-9,12-13H2,1-2H3,(H,25,33). The molecule has 2 saturated heterocycles. The number of hydrogen-bond acceptors (Lipinski definition) is 6. The van der Waals surface area contributed by atoms with Crippen LogP contribution in [0.15, 0.2) is 30.7 Å². The van der Waals surface area contributed by atoms with Crippen LogP contribution in [0.2, 0.25) is 5.15 Å². The first-order chi connectivity index (χ1) is 16.4. The molecule has 10 nitrogen and oxygen atoms in total. The summed E-state index contributed by atoms with van der Waals surface area (Å²) in [5, 5.41) is 4.00. The van der Waals surface area contributed by atoms with Gasteiger partial charge in [0.05, 0.1) is 18.0 Å². The normalized spacial score (nSPS) is 16.7. The smallest absolute Gasteiger partial charge is 0.317 e. The van der Waals surface area contributed by atoms with E-state index in [1.807, 2.05) is 17.0 Å². The first kappa shape index (κ1) is 22.4. The lowest BCUT2D eigenvalue weighted by atomic mass is 9.86. The van der Waals surface area contributed by atoms with Crippen molar-refractivity contribution >= 4 is 34.6 Å². The Morgan fingerprint density at radius 1 is 1.24 bits per heavy atom. The molecule has 0 unspecified atom stereocenters. The maximum Gasteiger partial charge on any atom is 0.317 e. The Hall–Kier alpha value is -3.40. The van der Waals surface area contributed by atoms with E-state index in [0.717, 1.165) is 18.4 Å². The van der Waals surface area contributed by atoms with Gasteiger partial charge >= 0.3 is 6.03 Å². The fourth-order valence-electron chi connectivity index (χ4n) is 4.95. The van der Waals surface area contributed by atoms with Gasteiger partial charge in [0.15, 0.2) is 0 Å². The Morgan fingerprint density at radius 2 is 2.06 bits per heavy atom. The van der Waals surface area contributed by atoms with E-state index in [-0.39, 0.29) is 17.5 Å². The second-order valence-corrected chi connectivity index (χ2v) is 9.18. The minimum atomic E-state index is -0.302. The molecule has 3 aromatic rings. The van der Waals surface area contributed by atoms with Gasteiger partial charge < -0.3 is 24.4 Å². The number of ether oxygens (including phenoxy) is 1. The van der Waals surface area contributed by atoms with Gasteiger partial charge in [0, 0.05) is 45.5 Å². The lowest BCUT2D eigenvalue weighted by molar-refractivity contribution is -0.00232. The summed E-state index contributed by atoms with van der Waals surface area (Å²) in [6.07, 6.45) is 5.64. The number of hydrogen-bond donors (Lipinski definition) is 1. The molecule has 3 amide bonds. The van der Waals surface area contributed by atoms with Crippen LogP contribution in [-0.4, -0.2) is 80.1 Å². The molecule has 5 heterocycles. The summed E-state index contributed by atoms with van der Waals surface area (Å²) in [6, 6.07) is 5.40. The van der Waals surface area contributed by atoms with Gasteiger partial charge in [0.25, 0.3) is 5.91 Å². The molecular formula is C23H26ClN7O3. The largest absolute Gasteiger partial charge is 0.481 e. The van der Waals surface area contributed by atoms with Gasteiger partial charge in [-0.1, -0.05) is 17.7 Å². The molecule has 1 N–H and O–H groups in total. The molecule has 2 aliphatic heterocycles. The molecule has 0 aromatic carbocycles. The van der Waals surface area contributed by atoms with Crippen molar-refractivity contribution in [3.05, 3.63) is 47.1 Å². The third kappa shape index (κ3) is 3.81. The molecule has 0 atom stereocenters. The van der Waals surface area contributed by atoms with E-state index in [1.54, 1.807) is 35.9 Å². The number of carbonyl (C=O) groups excluding carboxylic acids is 2. The average Bonchev–Trinajstić information content (AvgIpc) is 3.41. The summed E-state index contributed by atoms with van der Waals surface area (Å²) in [7, 11) is 3.37. The SMILES string of the molecule is COc1ccc(CCNC(=O)N2CCCC23CN(C(=O)c2cc4c(Cl)ncnc4n2C)C3)cn1. The number of halogens is 1. The number of nitrogens with zero attached hydrogens (tertiary/aromatic N) is 6. The summed E-state index contributed by atoms with van der Waals surface area (Å²) in [5.74, 6) is 0.469. The van der Waals surface area contributed by atoms with Crippen LogP contribution in [0.3, 0.4) is 0 Å². The highest BCUT2D eigenvalue weighted by atomic mass is 35.5. The predicted molar refractivity (Wildman–Crippen MR) is 126 cm³/mol. The van der Waals surface area contributed by atoms with Crippen LogP contribution in [0.4, 0.5) is 4.79 Å². The number of aryl methyl sites for hydroxylation is 1. The van der Waals surface area contributed by atoms with Crippen LogP contribution in [0.5, 0.6) is 5.88 Å². The fraction of sp³-hybridized carbons (Fsp3) is 0.435. The number of aromatic nitrogens is 4. The molecule has 5 rings (SSSR count). The van der Waals surface area contributed by atoms with Crippen molar-refractivity contribution in [2.24, 2.45) is 7.05 Å². The van der Waals surface area contributed by atoms with Gasteiger partial charge in [-0.15, -0.1) is 0 Å². The first-order valence-electron chi connectivity index (χ1n) is 11.2. The molecule has 0 bridgehead atoms. The molecule has 34 heavy (non-hydrogen) atoms. The molecular weight excluding hydrogens is 458 g/mol. The maximum absolute atomic E-state index is 13.2. The van der Waals surface area contributed by atoms with Crippen LogP contribution in [0.25, 0.3) is 11.0 Å². The number of nitrogens with one attached hydrogen (secondary N) is 1. The van der Waals surface area contributed by atoms with E-state index in [0.29, 0.717) is 60.4 Å². The van der Waals surface area contributed by atoms with Crippen LogP contribution < -0.4 is 10.1 Å². The number of carbonyl (C=O) groups is 2. The average molecular weight is 484 g/mol. The van der Waals surface area contributed by atoms with E-state index in [2.05, 4.69) is 20.3 Å². The predicted octanol–water partition coefficient (Wildman–Crippen LogP) is 2.27. The monoisotopic (exact) mass is 483 g/mol. The summed E-state index contributed by atoms with van der Waals surface area (Å²) in [6.45, 7) is 2.24. The van der Waals surface area contributed by atoms with Gasteiger partial charge in [-0.3, -0.25) is 4.79 Å². The van der Waals surface area contributed by atoms with Gasteiger partial charge in [0.2, 0.25) is 5.88 Å². The van der Waals surface area contributed by atoms with E-state index < -0.39 is 0 Å². The van der Waals surface area contributed by atoms with Crippen molar-refractivity contribution in [3.63, 3.8) is 0 Å². The van der Waals surface area contributed by atoms with Crippen molar-refractivity contribution in [1.82, 2.24) is 34.6 Å². The lowest BCUT2D eigenvalue weighted by Gasteiger charge is -2.52. The van der Waals surface area contributed by atoms with E-state index in [1.165, 1.54) is 6.33 Å². The quantitative estimate of drug-likeness (QED) is 0.558. The van der Waals surface area contributed by atoms with Crippen LogP contribution >= 0.6 is 11.6 Å². The van der Waals surface area contributed by atoms with Crippen LogP contribution in [-0.2, 0) is 13.5 Å². The Labute approximate surface area is 201 Å². The van der Waals surface area contributed by atoms with Gasteiger partial charge in [-0.2, -0.15) is 0 Å². The second kappa shape index (κ2) is 8.75. The van der Waals surface area contributed by atoms with Crippen molar-refractivity contribution in [3.8, 4) is 5.88 Å². The first-order valence-corrected chi connectivity index (χ1v) is 11.6. The third-order valence-corrected chi connectivity index (χ3v) is 7.09. The topological polar surface area (TPSA) is 105 Å². The number of likely N-dealkylation sites (tertiary alicyclic amines) is 2. The molecule has 0 aliphatic carbocycles. The Balaban J connectivity index is 1.20. The minimum Gasteiger partial charge on any atom is -0.481 e. The Kier molecular flexibility index (Phi) is 5.76. The summed E-state index contributed by atoms with van der Waals surface area (Å²) < 4.78 is 6.81.